The molecule has 1 heterocycles. The molecule has 0 spiro atoms. The third kappa shape index (κ3) is 3.96. The fourth-order valence-corrected chi connectivity index (χ4v) is 3.54. The number of hydrogen-bond donors (Lipinski definition) is 1. The largest absolute Gasteiger partial charge is 0.376 e. The van der Waals surface area contributed by atoms with Crippen LogP contribution >= 0.6 is 23.1 Å². The number of anilines is 1. The Morgan fingerprint density at radius 3 is 2.45 bits per heavy atom. The second-order valence-electron chi connectivity index (χ2n) is 4.76. The number of nitrogens with one attached hydrogen (secondary N) is 1. The van der Waals surface area contributed by atoms with Crippen molar-refractivity contribution in [3.8, 4) is 0 Å². The lowest BCUT2D eigenvalue weighted by Gasteiger charge is -2.24. The molecule has 2 rings (SSSR count). The van der Waals surface area contributed by atoms with Crippen molar-refractivity contribution in [2.24, 2.45) is 5.92 Å². The highest BCUT2D eigenvalue weighted by molar-refractivity contribution is 7.99. The molecule has 1 N–H and O–H groups in total. The van der Waals surface area contributed by atoms with E-state index in [-0.39, 0.29) is 6.04 Å². The Hall–Kier alpha value is -1.07. The molecule has 0 aliphatic rings. The first-order valence-corrected chi connectivity index (χ1v) is 8.17. The van der Waals surface area contributed by atoms with Gasteiger partial charge in [0.2, 0.25) is 0 Å². The predicted octanol–water partition coefficient (Wildman–Crippen LogP) is 5.87. The molecule has 108 valence electrons. The van der Waals surface area contributed by atoms with E-state index >= 15 is 0 Å². The first-order chi connectivity index (χ1) is 9.58. The summed E-state index contributed by atoms with van der Waals surface area (Å²) >= 11 is 2.26. The Bertz CT molecular complexity index is 526. The molecule has 20 heavy (non-hydrogen) atoms. The number of alkyl halides is 2. The van der Waals surface area contributed by atoms with Crippen LogP contribution in [0.3, 0.4) is 0 Å². The SMILES string of the molecule is CC(C)C(Nc1ccccc1SC(F)F)c1cccs1. The Morgan fingerprint density at radius 1 is 1.10 bits per heavy atom. The smallest absolute Gasteiger partial charge is 0.288 e. The number of thioether (sulfide) groups is 1. The van der Waals surface area contributed by atoms with E-state index in [1.165, 1.54) is 4.88 Å². The van der Waals surface area contributed by atoms with Crippen molar-refractivity contribution in [1.29, 1.82) is 0 Å². The molecule has 0 saturated carbocycles. The van der Waals surface area contributed by atoms with E-state index in [0.717, 1.165) is 5.69 Å². The first kappa shape index (κ1) is 15.3. The van der Waals surface area contributed by atoms with E-state index in [0.29, 0.717) is 22.6 Å². The summed E-state index contributed by atoms with van der Waals surface area (Å²) in [6.07, 6.45) is 0. The minimum Gasteiger partial charge on any atom is -0.376 e. The topological polar surface area (TPSA) is 12.0 Å². The molecule has 0 radical (unpaired) electrons. The molecule has 0 fully saturated rings. The van der Waals surface area contributed by atoms with Gasteiger partial charge in [0.25, 0.3) is 5.76 Å². The summed E-state index contributed by atoms with van der Waals surface area (Å²) in [6.45, 7) is 4.25. The average Bonchev–Trinajstić information content (AvgIpc) is 2.90. The fraction of sp³-hybridized carbons (Fsp3) is 0.333. The lowest BCUT2D eigenvalue weighted by molar-refractivity contribution is 0.252. The standard InChI is InChI=1S/C15H17F2NS2/c1-10(2)14(13-8-5-9-19-13)18-11-6-3-4-7-12(11)20-15(16)17/h3-10,14-15,18H,1-2H3. The van der Waals surface area contributed by atoms with Crippen molar-refractivity contribution in [3.05, 3.63) is 46.7 Å². The number of hydrogen-bond acceptors (Lipinski definition) is 3. The van der Waals surface area contributed by atoms with Gasteiger partial charge in [-0.25, -0.2) is 0 Å². The summed E-state index contributed by atoms with van der Waals surface area (Å²) in [4.78, 5) is 1.81. The monoisotopic (exact) mass is 313 g/mol. The van der Waals surface area contributed by atoms with E-state index in [9.17, 15) is 8.78 Å². The molecule has 0 aliphatic heterocycles. The van der Waals surface area contributed by atoms with Gasteiger partial charge in [0.05, 0.1) is 6.04 Å². The summed E-state index contributed by atoms with van der Waals surface area (Å²) in [5.74, 6) is -2.03. The Balaban J connectivity index is 2.23. The van der Waals surface area contributed by atoms with E-state index in [1.807, 2.05) is 23.6 Å². The Morgan fingerprint density at radius 2 is 1.85 bits per heavy atom. The molecule has 0 amide bonds. The van der Waals surface area contributed by atoms with Gasteiger partial charge in [-0.2, -0.15) is 8.78 Å². The van der Waals surface area contributed by atoms with Gasteiger partial charge in [-0.1, -0.05) is 43.8 Å². The minimum atomic E-state index is -2.41. The lowest BCUT2D eigenvalue weighted by atomic mass is 10.0. The summed E-state index contributed by atoms with van der Waals surface area (Å²) < 4.78 is 25.2. The number of para-hydroxylation sites is 1. The van der Waals surface area contributed by atoms with Crippen LogP contribution in [0.5, 0.6) is 0 Å². The Labute approximate surface area is 126 Å². The van der Waals surface area contributed by atoms with Gasteiger partial charge >= 0.3 is 0 Å². The number of halogens is 2. The van der Waals surface area contributed by atoms with Crippen molar-refractivity contribution in [1.82, 2.24) is 0 Å². The molecular weight excluding hydrogens is 296 g/mol. The summed E-state index contributed by atoms with van der Waals surface area (Å²) in [5.41, 5.74) is 0.768. The minimum absolute atomic E-state index is 0.134. The van der Waals surface area contributed by atoms with Gasteiger partial charge in [0, 0.05) is 15.5 Å². The van der Waals surface area contributed by atoms with Crippen LogP contribution in [-0.2, 0) is 0 Å². The summed E-state index contributed by atoms with van der Waals surface area (Å²) in [6, 6.07) is 11.4. The molecule has 1 nitrogen and oxygen atoms in total. The molecule has 5 heteroatoms. The predicted molar refractivity (Wildman–Crippen MR) is 83.8 cm³/mol. The summed E-state index contributed by atoms with van der Waals surface area (Å²) in [5, 5.41) is 5.44. The highest BCUT2D eigenvalue weighted by Gasteiger charge is 2.18. The van der Waals surface area contributed by atoms with E-state index in [1.54, 1.807) is 23.5 Å². The maximum atomic E-state index is 12.6. The average molecular weight is 313 g/mol. The Kier molecular flexibility index (Phi) is 5.43. The highest BCUT2D eigenvalue weighted by atomic mass is 32.2. The van der Waals surface area contributed by atoms with Crippen LogP contribution in [0.1, 0.15) is 24.8 Å². The van der Waals surface area contributed by atoms with Crippen molar-refractivity contribution in [3.63, 3.8) is 0 Å². The third-order valence-corrected chi connectivity index (χ3v) is 4.67. The molecule has 1 aromatic carbocycles. The van der Waals surface area contributed by atoms with Gasteiger partial charge in [0.1, 0.15) is 0 Å². The fourth-order valence-electron chi connectivity index (χ4n) is 1.99. The van der Waals surface area contributed by atoms with Crippen molar-refractivity contribution >= 4 is 28.8 Å². The second kappa shape index (κ2) is 7.09. The van der Waals surface area contributed by atoms with Gasteiger partial charge < -0.3 is 5.32 Å². The van der Waals surface area contributed by atoms with E-state index in [4.69, 9.17) is 0 Å². The molecule has 1 aromatic heterocycles. The maximum absolute atomic E-state index is 12.6. The molecule has 2 aromatic rings. The quantitative estimate of drug-likeness (QED) is 0.669. The number of benzene rings is 1. The van der Waals surface area contributed by atoms with Crippen LogP contribution in [0.15, 0.2) is 46.7 Å². The van der Waals surface area contributed by atoms with Gasteiger partial charge in [-0.05, 0) is 29.5 Å². The molecule has 0 aliphatic carbocycles. The van der Waals surface area contributed by atoms with Crippen LogP contribution in [0, 0.1) is 5.92 Å². The zero-order valence-electron chi connectivity index (χ0n) is 11.3. The van der Waals surface area contributed by atoms with Crippen LogP contribution in [0.4, 0.5) is 14.5 Å². The highest BCUT2D eigenvalue weighted by Crippen LogP contribution is 2.36. The number of rotatable bonds is 6. The van der Waals surface area contributed by atoms with Crippen LogP contribution in [0.25, 0.3) is 0 Å². The van der Waals surface area contributed by atoms with E-state index < -0.39 is 5.76 Å². The molecule has 0 bridgehead atoms. The third-order valence-electron chi connectivity index (χ3n) is 2.93. The zero-order valence-corrected chi connectivity index (χ0v) is 13.0. The lowest BCUT2D eigenvalue weighted by Crippen LogP contribution is -2.16. The van der Waals surface area contributed by atoms with E-state index in [2.05, 4.69) is 25.2 Å². The van der Waals surface area contributed by atoms with Crippen molar-refractivity contribution in [2.45, 2.75) is 30.5 Å². The van der Waals surface area contributed by atoms with Crippen LogP contribution in [0.2, 0.25) is 0 Å². The maximum Gasteiger partial charge on any atom is 0.288 e. The normalized spacial score (nSPS) is 12.9. The van der Waals surface area contributed by atoms with Gasteiger partial charge in [-0.15, -0.1) is 11.3 Å². The summed E-state index contributed by atoms with van der Waals surface area (Å²) in [7, 11) is 0. The van der Waals surface area contributed by atoms with Crippen LogP contribution < -0.4 is 5.32 Å². The molecule has 1 unspecified atom stereocenters. The first-order valence-electron chi connectivity index (χ1n) is 6.41. The van der Waals surface area contributed by atoms with Gasteiger partial charge in [-0.3, -0.25) is 0 Å². The molecule has 0 saturated heterocycles. The number of thiophene rings is 1. The molecular formula is C15H17F2NS2. The van der Waals surface area contributed by atoms with Crippen molar-refractivity contribution < 1.29 is 8.78 Å². The van der Waals surface area contributed by atoms with Crippen molar-refractivity contribution in [2.75, 3.05) is 5.32 Å². The van der Waals surface area contributed by atoms with Crippen LogP contribution in [-0.4, -0.2) is 5.76 Å². The molecule has 1 atom stereocenters. The van der Waals surface area contributed by atoms with Gasteiger partial charge in [0.15, 0.2) is 0 Å². The zero-order chi connectivity index (χ0) is 14.5. The second-order valence-corrected chi connectivity index (χ2v) is 6.77.